The molecular weight excluding hydrogens is 270 g/mol. The molecule has 0 bridgehead atoms. The molecule has 1 rings (SSSR count). The van der Waals surface area contributed by atoms with E-state index in [4.69, 9.17) is 14.2 Å². The second kappa shape index (κ2) is 8.10. The Bertz CT molecular complexity index is 423. The molecule has 2 N–H and O–H groups in total. The molecule has 2 atom stereocenters. The zero-order valence-electron chi connectivity index (χ0n) is 13.8. The van der Waals surface area contributed by atoms with E-state index in [0.717, 1.165) is 5.56 Å². The first-order valence-electron chi connectivity index (χ1n) is 7.15. The Kier molecular flexibility index (Phi) is 6.78. The SMILES string of the molecule is COc1cc(C(C)NC(CO)C(C)C)cc(OC)c1OC. The molecule has 0 heterocycles. The molecule has 0 aliphatic heterocycles. The van der Waals surface area contributed by atoms with Crippen LogP contribution in [0, 0.1) is 5.92 Å². The smallest absolute Gasteiger partial charge is 0.203 e. The van der Waals surface area contributed by atoms with E-state index < -0.39 is 0 Å². The first kappa shape index (κ1) is 17.6. The lowest BCUT2D eigenvalue weighted by Gasteiger charge is -2.26. The number of hydrogen-bond acceptors (Lipinski definition) is 5. The maximum atomic E-state index is 9.44. The Morgan fingerprint density at radius 3 is 1.86 bits per heavy atom. The number of ether oxygens (including phenoxy) is 3. The monoisotopic (exact) mass is 297 g/mol. The summed E-state index contributed by atoms with van der Waals surface area (Å²) in [7, 11) is 4.79. The zero-order chi connectivity index (χ0) is 16.0. The highest BCUT2D eigenvalue weighted by molar-refractivity contribution is 5.54. The van der Waals surface area contributed by atoms with Gasteiger partial charge in [0.05, 0.1) is 27.9 Å². The van der Waals surface area contributed by atoms with E-state index in [9.17, 15) is 5.11 Å². The molecule has 0 spiro atoms. The highest BCUT2D eigenvalue weighted by Gasteiger charge is 2.19. The van der Waals surface area contributed by atoms with Crippen LogP contribution in [-0.4, -0.2) is 39.1 Å². The minimum atomic E-state index is 0.0408. The van der Waals surface area contributed by atoms with E-state index in [1.807, 2.05) is 19.1 Å². The minimum absolute atomic E-state index is 0.0408. The second-order valence-corrected chi connectivity index (χ2v) is 5.38. The number of hydrogen-bond donors (Lipinski definition) is 2. The summed E-state index contributed by atoms with van der Waals surface area (Å²) in [6.45, 7) is 6.31. The predicted molar refractivity (Wildman–Crippen MR) is 83.4 cm³/mol. The molecule has 0 aliphatic carbocycles. The number of aliphatic hydroxyl groups is 1. The highest BCUT2D eigenvalue weighted by Crippen LogP contribution is 2.39. The molecule has 0 amide bonds. The van der Waals surface area contributed by atoms with Gasteiger partial charge in [-0.3, -0.25) is 0 Å². The first-order valence-corrected chi connectivity index (χ1v) is 7.15. The Morgan fingerprint density at radius 2 is 1.52 bits per heavy atom. The van der Waals surface area contributed by atoms with Gasteiger partial charge in [-0.2, -0.15) is 0 Å². The summed E-state index contributed by atoms with van der Waals surface area (Å²) >= 11 is 0. The van der Waals surface area contributed by atoms with Crippen LogP contribution in [0.25, 0.3) is 0 Å². The third kappa shape index (κ3) is 4.25. The van der Waals surface area contributed by atoms with Crippen molar-refractivity contribution in [2.45, 2.75) is 32.9 Å². The predicted octanol–water partition coefficient (Wildman–Crippen LogP) is 2.38. The third-order valence-corrected chi connectivity index (χ3v) is 3.65. The molecule has 5 nitrogen and oxygen atoms in total. The molecule has 1 aromatic carbocycles. The van der Waals surface area contributed by atoms with Gasteiger partial charge in [-0.1, -0.05) is 13.8 Å². The van der Waals surface area contributed by atoms with Gasteiger partial charge in [-0.25, -0.2) is 0 Å². The summed E-state index contributed by atoms with van der Waals surface area (Å²) in [6.07, 6.45) is 0. The van der Waals surface area contributed by atoms with Gasteiger partial charge in [0.1, 0.15) is 0 Å². The van der Waals surface area contributed by atoms with E-state index in [1.54, 1.807) is 21.3 Å². The lowest BCUT2D eigenvalue weighted by Crippen LogP contribution is -2.38. The van der Waals surface area contributed by atoms with Gasteiger partial charge in [0.25, 0.3) is 0 Å². The summed E-state index contributed by atoms with van der Waals surface area (Å²) in [5, 5.41) is 12.9. The van der Waals surface area contributed by atoms with E-state index in [1.165, 1.54) is 0 Å². The summed E-state index contributed by atoms with van der Waals surface area (Å²) < 4.78 is 16.1. The molecule has 0 aromatic heterocycles. The number of nitrogens with one attached hydrogen (secondary N) is 1. The van der Waals surface area contributed by atoms with Gasteiger partial charge in [-0.05, 0) is 30.5 Å². The van der Waals surface area contributed by atoms with Crippen molar-refractivity contribution < 1.29 is 19.3 Å². The van der Waals surface area contributed by atoms with Crippen molar-refractivity contribution in [3.05, 3.63) is 17.7 Å². The average molecular weight is 297 g/mol. The fraction of sp³-hybridized carbons (Fsp3) is 0.625. The summed E-state index contributed by atoms with van der Waals surface area (Å²) in [4.78, 5) is 0. The molecule has 0 saturated carbocycles. The topological polar surface area (TPSA) is 60.0 Å². The van der Waals surface area contributed by atoms with Gasteiger partial charge < -0.3 is 24.6 Å². The molecular formula is C16H27NO4. The number of benzene rings is 1. The normalized spacial score (nSPS) is 13.9. The molecule has 5 heteroatoms. The lowest BCUT2D eigenvalue weighted by atomic mass is 10.0. The van der Waals surface area contributed by atoms with Crippen LogP contribution in [0.4, 0.5) is 0 Å². The van der Waals surface area contributed by atoms with Crippen molar-refractivity contribution in [2.24, 2.45) is 5.92 Å². The maximum Gasteiger partial charge on any atom is 0.203 e. The quantitative estimate of drug-likeness (QED) is 0.771. The summed E-state index contributed by atoms with van der Waals surface area (Å²) in [5.74, 6) is 2.19. The number of methoxy groups -OCH3 is 3. The lowest BCUT2D eigenvalue weighted by molar-refractivity contribution is 0.201. The largest absolute Gasteiger partial charge is 0.493 e. The van der Waals surface area contributed by atoms with Gasteiger partial charge in [0, 0.05) is 12.1 Å². The fourth-order valence-corrected chi connectivity index (χ4v) is 2.22. The van der Waals surface area contributed by atoms with E-state index in [2.05, 4.69) is 19.2 Å². The van der Waals surface area contributed by atoms with Crippen molar-refractivity contribution in [3.8, 4) is 17.2 Å². The van der Waals surface area contributed by atoms with Gasteiger partial charge in [0.2, 0.25) is 5.75 Å². The van der Waals surface area contributed by atoms with Crippen LogP contribution in [0.15, 0.2) is 12.1 Å². The van der Waals surface area contributed by atoms with Crippen LogP contribution in [0.2, 0.25) is 0 Å². The van der Waals surface area contributed by atoms with Crippen LogP contribution < -0.4 is 19.5 Å². The van der Waals surface area contributed by atoms with Crippen molar-refractivity contribution in [1.82, 2.24) is 5.32 Å². The molecule has 21 heavy (non-hydrogen) atoms. The van der Waals surface area contributed by atoms with E-state index in [-0.39, 0.29) is 18.7 Å². The van der Waals surface area contributed by atoms with Crippen LogP contribution in [0.5, 0.6) is 17.2 Å². The zero-order valence-corrected chi connectivity index (χ0v) is 13.8. The van der Waals surface area contributed by atoms with Crippen LogP contribution in [0.1, 0.15) is 32.4 Å². The van der Waals surface area contributed by atoms with Crippen LogP contribution in [-0.2, 0) is 0 Å². The molecule has 0 aliphatic rings. The Morgan fingerprint density at radius 1 is 1.00 bits per heavy atom. The molecule has 0 saturated heterocycles. The molecule has 0 radical (unpaired) electrons. The highest BCUT2D eigenvalue weighted by atomic mass is 16.5. The standard InChI is InChI=1S/C16H27NO4/c1-10(2)13(9-18)17-11(3)12-7-14(19-4)16(21-6)15(8-12)20-5/h7-8,10-11,13,17-18H,9H2,1-6H3. The van der Waals surface area contributed by atoms with Gasteiger partial charge >= 0.3 is 0 Å². The van der Waals surface area contributed by atoms with E-state index >= 15 is 0 Å². The molecule has 120 valence electrons. The van der Waals surface area contributed by atoms with Crippen LogP contribution >= 0.6 is 0 Å². The number of aliphatic hydroxyl groups excluding tert-OH is 1. The summed E-state index contributed by atoms with van der Waals surface area (Å²) in [6, 6.07) is 3.94. The summed E-state index contributed by atoms with van der Waals surface area (Å²) in [5.41, 5.74) is 1.02. The minimum Gasteiger partial charge on any atom is -0.493 e. The van der Waals surface area contributed by atoms with E-state index in [0.29, 0.717) is 23.2 Å². The van der Waals surface area contributed by atoms with Crippen molar-refractivity contribution >= 4 is 0 Å². The number of rotatable bonds is 8. The van der Waals surface area contributed by atoms with Crippen LogP contribution in [0.3, 0.4) is 0 Å². The van der Waals surface area contributed by atoms with Crippen molar-refractivity contribution in [1.29, 1.82) is 0 Å². The third-order valence-electron chi connectivity index (χ3n) is 3.65. The molecule has 1 aromatic rings. The van der Waals surface area contributed by atoms with Gasteiger partial charge in [-0.15, -0.1) is 0 Å². The van der Waals surface area contributed by atoms with Crippen molar-refractivity contribution in [3.63, 3.8) is 0 Å². The fourth-order valence-electron chi connectivity index (χ4n) is 2.22. The average Bonchev–Trinajstić information content (AvgIpc) is 2.50. The Labute approximate surface area is 127 Å². The Hall–Kier alpha value is -1.46. The van der Waals surface area contributed by atoms with Crippen molar-refractivity contribution in [2.75, 3.05) is 27.9 Å². The van der Waals surface area contributed by atoms with Gasteiger partial charge in [0.15, 0.2) is 11.5 Å². The first-order chi connectivity index (χ1) is 9.98. The second-order valence-electron chi connectivity index (χ2n) is 5.38. The molecule has 0 fully saturated rings. The Balaban J connectivity index is 3.06. The molecule has 2 unspecified atom stereocenters. The maximum absolute atomic E-state index is 9.44.